The molecule has 1 aliphatic rings. The Bertz CT molecular complexity index is 746. The Kier molecular flexibility index (Phi) is 7.07. The number of likely N-dealkylation sites (tertiary alicyclic amines) is 1. The second kappa shape index (κ2) is 9.72. The molecule has 4 nitrogen and oxygen atoms in total. The smallest absolute Gasteiger partial charge is 0.223 e. The lowest BCUT2D eigenvalue weighted by Crippen LogP contribution is -2.41. The van der Waals surface area contributed by atoms with E-state index in [1.54, 1.807) is 12.1 Å². The largest absolute Gasteiger partial charge is 0.492 e. The minimum Gasteiger partial charge on any atom is -0.492 e. The zero-order valence-corrected chi connectivity index (χ0v) is 15.9. The summed E-state index contributed by atoms with van der Waals surface area (Å²) in [5.74, 6) is 0.434. The van der Waals surface area contributed by atoms with Crippen LogP contribution >= 0.6 is 11.6 Å². The van der Waals surface area contributed by atoms with Crippen LogP contribution in [0.25, 0.3) is 0 Å². The topological polar surface area (TPSA) is 41.6 Å². The maximum absolute atomic E-state index is 12.8. The normalized spacial score (nSPS) is 15.5. The fourth-order valence-electron chi connectivity index (χ4n) is 3.27. The molecule has 0 atom stereocenters. The molecule has 2 aromatic rings. The summed E-state index contributed by atoms with van der Waals surface area (Å²) in [6, 6.07) is 13.8. The summed E-state index contributed by atoms with van der Waals surface area (Å²) in [5.41, 5.74) is 1.20. The van der Waals surface area contributed by atoms with Gasteiger partial charge in [0.25, 0.3) is 0 Å². The standard InChI is InChI=1S/C21H24ClFN2O2/c22-18-3-1-2-16(14-18)15-25-11-8-17(9-12-25)21(26)24-10-13-27-20-6-4-19(23)5-7-20/h1-7,14,17H,8-13,15H2,(H,24,26). The molecule has 0 saturated carbocycles. The fourth-order valence-corrected chi connectivity index (χ4v) is 3.48. The van der Waals surface area contributed by atoms with Gasteiger partial charge in [0.05, 0.1) is 6.54 Å². The molecule has 0 bridgehead atoms. The SMILES string of the molecule is O=C(NCCOc1ccc(F)cc1)C1CCN(Cc2cccc(Cl)c2)CC1. The van der Waals surface area contributed by atoms with Crippen LogP contribution in [0, 0.1) is 11.7 Å². The van der Waals surface area contributed by atoms with Crippen LogP contribution in [0.1, 0.15) is 18.4 Å². The minimum atomic E-state index is -0.294. The Labute approximate surface area is 164 Å². The molecular weight excluding hydrogens is 367 g/mol. The van der Waals surface area contributed by atoms with E-state index in [9.17, 15) is 9.18 Å². The quantitative estimate of drug-likeness (QED) is 0.729. The van der Waals surface area contributed by atoms with Crippen LogP contribution < -0.4 is 10.1 Å². The Balaban J connectivity index is 1.34. The second-order valence-corrected chi connectivity index (χ2v) is 7.21. The van der Waals surface area contributed by atoms with Crippen LogP contribution in [0.15, 0.2) is 48.5 Å². The van der Waals surface area contributed by atoms with Gasteiger partial charge in [-0.2, -0.15) is 0 Å². The molecule has 1 fully saturated rings. The third kappa shape index (κ3) is 6.22. The lowest BCUT2D eigenvalue weighted by molar-refractivity contribution is -0.126. The maximum Gasteiger partial charge on any atom is 0.223 e. The molecule has 2 aromatic carbocycles. The van der Waals surface area contributed by atoms with Crippen LogP contribution in [0.4, 0.5) is 4.39 Å². The highest BCUT2D eigenvalue weighted by Crippen LogP contribution is 2.20. The van der Waals surface area contributed by atoms with E-state index in [2.05, 4.69) is 16.3 Å². The average molecular weight is 391 g/mol. The predicted octanol–water partition coefficient (Wildman–Crippen LogP) is 3.89. The summed E-state index contributed by atoms with van der Waals surface area (Å²) in [4.78, 5) is 14.7. The molecule has 0 radical (unpaired) electrons. The molecule has 0 aliphatic carbocycles. The number of amides is 1. The molecule has 1 N–H and O–H groups in total. The second-order valence-electron chi connectivity index (χ2n) is 6.77. The van der Waals surface area contributed by atoms with Crippen molar-refractivity contribution in [2.45, 2.75) is 19.4 Å². The number of carbonyl (C=O) groups is 1. The number of benzene rings is 2. The van der Waals surface area contributed by atoms with Gasteiger partial charge in [0.15, 0.2) is 0 Å². The predicted molar refractivity (Wildman–Crippen MR) is 104 cm³/mol. The number of hydrogen-bond acceptors (Lipinski definition) is 3. The van der Waals surface area contributed by atoms with Crippen molar-refractivity contribution < 1.29 is 13.9 Å². The van der Waals surface area contributed by atoms with Crippen LogP contribution in [-0.4, -0.2) is 37.0 Å². The lowest BCUT2D eigenvalue weighted by Gasteiger charge is -2.31. The summed E-state index contributed by atoms with van der Waals surface area (Å²) in [5, 5.41) is 3.69. The van der Waals surface area contributed by atoms with E-state index >= 15 is 0 Å². The van der Waals surface area contributed by atoms with Gasteiger partial charge in [0, 0.05) is 17.5 Å². The zero-order chi connectivity index (χ0) is 19.1. The monoisotopic (exact) mass is 390 g/mol. The van der Waals surface area contributed by atoms with Gasteiger partial charge in [-0.05, 0) is 67.9 Å². The van der Waals surface area contributed by atoms with E-state index in [0.29, 0.717) is 18.9 Å². The van der Waals surface area contributed by atoms with E-state index < -0.39 is 0 Å². The lowest BCUT2D eigenvalue weighted by atomic mass is 9.95. The molecule has 0 aromatic heterocycles. The summed E-state index contributed by atoms with van der Waals surface area (Å²) >= 11 is 6.04. The highest BCUT2D eigenvalue weighted by Gasteiger charge is 2.24. The van der Waals surface area contributed by atoms with Gasteiger partial charge in [0.1, 0.15) is 18.2 Å². The van der Waals surface area contributed by atoms with Gasteiger partial charge in [-0.25, -0.2) is 4.39 Å². The number of nitrogens with one attached hydrogen (secondary N) is 1. The van der Waals surface area contributed by atoms with Crippen molar-refractivity contribution in [2.75, 3.05) is 26.2 Å². The third-order valence-corrected chi connectivity index (χ3v) is 4.97. The Hall–Kier alpha value is -2.11. The molecule has 0 spiro atoms. The number of hydrogen-bond donors (Lipinski definition) is 1. The van der Waals surface area contributed by atoms with Crippen LogP contribution in [0.3, 0.4) is 0 Å². The van der Waals surface area contributed by atoms with Gasteiger partial charge in [0.2, 0.25) is 5.91 Å². The summed E-state index contributed by atoms with van der Waals surface area (Å²) in [7, 11) is 0. The first kappa shape index (κ1) is 19.6. The number of rotatable bonds is 7. The van der Waals surface area contributed by atoms with Gasteiger partial charge in [-0.15, -0.1) is 0 Å². The number of nitrogens with zero attached hydrogens (tertiary/aromatic N) is 1. The van der Waals surface area contributed by atoms with Crippen LogP contribution in [0.5, 0.6) is 5.75 Å². The van der Waals surface area contributed by atoms with Crippen molar-refractivity contribution in [3.8, 4) is 5.75 Å². The Morgan fingerprint density at radius 2 is 1.93 bits per heavy atom. The average Bonchev–Trinajstić information content (AvgIpc) is 2.67. The van der Waals surface area contributed by atoms with Crippen molar-refractivity contribution in [2.24, 2.45) is 5.92 Å². The van der Waals surface area contributed by atoms with Gasteiger partial charge < -0.3 is 10.1 Å². The summed E-state index contributed by atoms with van der Waals surface area (Å²) in [6.45, 7) is 3.47. The Morgan fingerprint density at radius 1 is 1.19 bits per heavy atom. The van der Waals surface area contributed by atoms with Crippen molar-refractivity contribution in [1.29, 1.82) is 0 Å². The summed E-state index contributed by atoms with van der Waals surface area (Å²) < 4.78 is 18.3. The van der Waals surface area contributed by atoms with Crippen molar-refractivity contribution >= 4 is 17.5 Å². The highest BCUT2D eigenvalue weighted by molar-refractivity contribution is 6.30. The molecule has 3 rings (SSSR count). The molecule has 1 aliphatic heterocycles. The van der Waals surface area contributed by atoms with Gasteiger partial charge in [-0.3, -0.25) is 9.69 Å². The van der Waals surface area contributed by atoms with E-state index in [1.165, 1.54) is 17.7 Å². The third-order valence-electron chi connectivity index (χ3n) is 4.74. The first-order valence-corrected chi connectivity index (χ1v) is 9.61. The molecule has 1 heterocycles. The van der Waals surface area contributed by atoms with E-state index in [1.807, 2.05) is 18.2 Å². The number of piperidine rings is 1. The number of halogens is 2. The fraction of sp³-hybridized carbons (Fsp3) is 0.381. The summed E-state index contributed by atoms with van der Waals surface area (Å²) in [6.07, 6.45) is 1.70. The van der Waals surface area contributed by atoms with Crippen LogP contribution in [0.2, 0.25) is 5.02 Å². The molecule has 0 unspecified atom stereocenters. The molecule has 27 heavy (non-hydrogen) atoms. The van der Waals surface area contributed by atoms with E-state index in [-0.39, 0.29) is 17.6 Å². The van der Waals surface area contributed by atoms with Crippen molar-refractivity contribution in [3.63, 3.8) is 0 Å². The van der Waals surface area contributed by atoms with E-state index in [0.717, 1.165) is 37.5 Å². The highest BCUT2D eigenvalue weighted by atomic mass is 35.5. The van der Waals surface area contributed by atoms with Crippen LogP contribution in [-0.2, 0) is 11.3 Å². The van der Waals surface area contributed by atoms with Crippen molar-refractivity contribution in [3.05, 3.63) is 64.9 Å². The molecule has 6 heteroatoms. The number of carbonyl (C=O) groups excluding carboxylic acids is 1. The zero-order valence-electron chi connectivity index (χ0n) is 15.2. The number of ether oxygens (including phenoxy) is 1. The van der Waals surface area contributed by atoms with E-state index in [4.69, 9.17) is 16.3 Å². The molecular formula is C21H24ClFN2O2. The molecule has 1 saturated heterocycles. The van der Waals surface area contributed by atoms with Gasteiger partial charge in [-0.1, -0.05) is 23.7 Å². The first-order valence-electron chi connectivity index (χ1n) is 9.23. The molecule has 1 amide bonds. The van der Waals surface area contributed by atoms with Gasteiger partial charge >= 0.3 is 0 Å². The minimum absolute atomic E-state index is 0.0476. The first-order chi connectivity index (χ1) is 13.1. The maximum atomic E-state index is 12.8. The van der Waals surface area contributed by atoms with Crippen molar-refractivity contribution in [1.82, 2.24) is 10.2 Å². The Morgan fingerprint density at radius 3 is 2.63 bits per heavy atom. The molecule has 144 valence electrons.